The van der Waals surface area contributed by atoms with Gasteiger partial charge in [-0.05, 0) is 68.0 Å². The van der Waals surface area contributed by atoms with Gasteiger partial charge < -0.3 is 4.74 Å². The molecule has 1 aromatic heterocycles. The van der Waals surface area contributed by atoms with E-state index >= 15 is 0 Å². The Morgan fingerprint density at radius 2 is 2.15 bits per heavy atom. The van der Waals surface area contributed by atoms with Crippen LogP contribution in [0.5, 0.6) is 5.75 Å². The SMILES string of the molecule is CC(C)Oc1ccc(-c2ncc(-c3cccc4c3CCC4N3CC[C@H](N=O)C3)s2)cc1C#N. The summed E-state index contributed by atoms with van der Waals surface area (Å²) in [6.07, 6.45) is 4.92. The molecule has 5 rings (SSSR count). The minimum Gasteiger partial charge on any atom is -0.490 e. The Balaban J connectivity index is 1.43. The number of nitroso groups, excluding NO2 is 1. The Kier molecular flexibility index (Phi) is 5.96. The zero-order valence-corrected chi connectivity index (χ0v) is 19.6. The van der Waals surface area contributed by atoms with Gasteiger partial charge in [-0.15, -0.1) is 11.3 Å². The molecule has 2 aromatic carbocycles. The van der Waals surface area contributed by atoms with Crippen molar-refractivity contribution >= 4 is 11.3 Å². The molecule has 3 aromatic rings. The summed E-state index contributed by atoms with van der Waals surface area (Å²) >= 11 is 1.65. The minimum absolute atomic E-state index is 0.0135. The average Bonchev–Trinajstić information content (AvgIpc) is 3.57. The van der Waals surface area contributed by atoms with Crippen LogP contribution in [0, 0.1) is 16.2 Å². The zero-order valence-electron chi connectivity index (χ0n) is 18.8. The summed E-state index contributed by atoms with van der Waals surface area (Å²) in [7, 11) is 0. The topological polar surface area (TPSA) is 78.6 Å². The van der Waals surface area contributed by atoms with Crippen LogP contribution in [-0.4, -0.2) is 35.1 Å². The van der Waals surface area contributed by atoms with Crippen molar-refractivity contribution in [1.82, 2.24) is 9.88 Å². The lowest BCUT2D eigenvalue weighted by atomic mass is 10.0. The first-order chi connectivity index (χ1) is 16.1. The zero-order chi connectivity index (χ0) is 22.9. The number of fused-ring (bicyclic) bond motifs is 1. The Labute approximate surface area is 197 Å². The number of aromatic nitrogens is 1. The molecule has 1 saturated heterocycles. The standard InChI is InChI=1S/C26H26N4O2S/c1-16(2)32-24-9-6-17(12-18(24)13-27)26-28-14-25(33-26)22-5-3-4-21-20(22)7-8-23(21)30-11-10-19(15-30)29-31/h3-6,9,12,14,16,19,23H,7-8,10-11,15H2,1-2H3/t19-,23?/m0/s1. The van der Waals surface area contributed by atoms with E-state index in [1.165, 1.54) is 16.7 Å². The number of hydrogen-bond acceptors (Lipinski definition) is 7. The summed E-state index contributed by atoms with van der Waals surface area (Å²) in [5.41, 5.74) is 5.45. The highest BCUT2D eigenvalue weighted by Gasteiger charge is 2.34. The normalized spacial score (nSPS) is 20.1. The highest BCUT2D eigenvalue weighted by atomic mass is 32.1. The largest absolute Gasteiger partial charge is 0.490 e. The predicted octanol–water partition coefficient (Wildman–Crippen LogP) is 5.96. The molecule has 6 nitrogen and oxygen atoms in total. The molecule has 0 spiro atoms. The predicted molar refractivity (Wildman–Crippen MR) is 130 cm³/mol. The van der Waals surface area contributed by atoms with Gasteiger partial charge in [0, 0.05) is 30.9 Å². The van der Waals surface area contributed by atoms with Crippen LogP contribution in [0.4, 0.5) is 0 Å². The van der Waals surface area contributed by atoms with Gasteiger partial charge in [0.25, 0.3) is 0 Å². The lowest BCUT2D eigenvalue weighted by Gasteiger charge is -2.24. The highest BCUT2D eigenvalue weighted by molar-refractivity contribution is 7.18. The Morgan fingerprint density at radius 3 is 2.91 bits per heavy atom. The second kappa shape index (κ2) is 9.05. The number of hydrogen-bond donors (Lipinski definition) is 0. The molecule has 7 heteroatoms. The molecule has 0 saturated carbocycles. The van der Waals surface area contributed by atoms with Crippen LogP contribution in [0.2, 0.25) is 0 Å². The van der Waals surface area contributed by atoms with Gasteiger partial charge in [-0.25, -0.2) is 4.98 Å². The molecule has 1 aliphatic carbocycles. The first-order valence-electron chi connectivity index (χ1n) is 11.4. The fraction of sp³-hybridized carbons (Fsp3) is 0.385. The monoisotopic (exact) mass is 458 g/mol. The van der Waals surface area contributed by atoms with E-state index in [4.69, 9.17) is 4.74 Å². The van der Waals surface area contributed by atoms with Crippen LogP contribution >= 0.6 is 11.3 Å². The number of rotatable bonds is 6. The van der Waals surface area contributed by atoms with Crippen molar-refractivity contribution < 1.29 is 4.74 Å². The van der Waals surface area contributed by atoms with Crippen molar-refractivity contribution in [3.05, 3.63) is 64.2 Å². The van der Waals surface area contributed by atoms with E-state index in [0.29, 0.717) is 17.4 Å². The smallest absolute Gasteiger partial charge is 0.137 e. The maximum atomic E-state index is 11.0. The van der Waals surface area contributed by atoms with Gasteiger partial charge in [-0.1, -0.05) is 23.4 Å². The molecule has 2 atom stereocenters. The van der Waals surface area contributed by atoms with Crippen molar-refractivity contribution in [1.29, 1.82) is 5.26 Å². The molecule has 1 aliphatic heterocycles. The van der Waals surface area contributed by atoms with Gasteiger partial charge in [0.2, 0.25) is 0 Å². The summed E-state index contributed by atoms with van der Waals surface area (Å²) < 4.78 is 5.75. The first-order valence-corrected chi connectivity index (χ1v) is 12.2. The fourth-order valence-corrected chi connectivity index (χ4v) is 5.98. The van der Waals surface area contributed by atoms with Crippen molar-refractivity contribution in [2.75, 3.05) is 13.1 Å². The number of likely N-dealkylation sites (tertiary alicyclic amines) is 1. The maximum absolute atomic E-state index is 11.0. The highest BCUT2D eigenvalue weighted by Crippen LogP contribution is 2.44. The van der Waals surface area contributed by atoms with Crippen LogP contribution in [-0.2, 0) is 6.42 Å². The van der Waals surface area contributed by atoms with Gasteiger partial charge >= 0.3 is 0 Å². The number of benzene rings is 2. The van der Waals surface area contributed by atoms with E-state index in [1.54, 1.807) is 11.3 Å². The summed E-state index contributed by atoms with van der Waals surface area (Å²) in [5, 5.41) is 13.7. The molecule has 1 unspecified atom stereocenters. The van der Waals surface area contributed by atoms with Crippen LogP contribution in [0.3, 0.4) is 0 Å². The molecule has 2 heterocycles. The minimum atomic E-state index is -0.0723. The average molecular weight is 459 g/mol. The van der Waals surface area contributed by atoms with Crippen LogP contribution in [0.25, 0.3) is 21.0 Å². The molecular formula is C26H26N4O2S. The summed E-state index contributed by atoms with van der Waals surface area (Å²) in [5.74, 6) is 0.605. The van der Waals surface area contributed by atoms with Crippen LogP contribution in [0.15, 0.2) is 47.8 Å². The summed E-state index contributed by atoms with van der Waals surface area (Å²) in [6, 6.07) is 14.8. The van der Waals surface area contributed by atoms with Crippen molar-refractivity contribution in [3.8, 4) is 32.8 Å². The number of thiazole rings is 1. The quantitative estimate of drug-likeness (QED) is 0.426. The van der Waals surface area contributed by atoms with Crippen molar-refractivity contribution in [3.63, 3.8) is 0 Å². The van der Waals surface area contributed by atoms with E-state index in [1.807, 2.05) is 38.2 Å². The van der Waals surface area contributed by atoms with Gasteiger partial charge in [0.15, 0.2) is 0 Å². The molecule has 33 heavy (non-hydrogen) atoms. The maximum Gasteiger partial charge on any atom is 0.137 e. The Bertz CT molecular complexity index is 1230. The summed E-state index contributed by atoms with van der Waals surface area (Å²) in [6.45, 7) is 5.60. The number of nitriles is 1. The van der Waals surface area contributed by atoms with E-state index in [9.17, 15) is 10.2 Å². The second-order valence-electron chi connectivity index (χ2n) is 8.99. The van der Waals surface area contributed by atoms with Gasteiger partial charge in [-0.2, -0.15) is 10.2 Å². The van der Waals surface area contributed by atoms with E-state index < -0.39 is 0 Å². The number of nitrogens with zero attached hydrogens (tertiary/aromatic N) is 4. The lowest BCUT2D eigenvalue weighted by molar-refractivity contribution is 0.242. The molecule has 0 radical (unpaired) electrons. The van der Waals surface area contributed by atoms with Gasteiger partial charge in [-0.3, -0.25) is 4.90 Å². The Hall–Kier alpha value is -3.08. The van der Waals surface area contributed by atoms with Gasteiger partial charge in [0.1, 0.15) is 22.9 Å². The fourth-order valence-electron chi connectivity index (χ4n) is 5.02. The molecule has 0 amide bonds. The molecule has 168 valence electrons. The molecule has 1 fully saturated rings. The van der Waals surface area contributed by atoms with E-state index in [0.717, 1.165) is 47.8 Å². The molecule has 0 bridgehead atoms. The van der Waals surface area contributed by atoms with Crippen LogP contribution < -0.4 is 4.74 Å². The van der Waals surface area contributed by atoms with Crippen molar-refractivity contribution in [2.24, 2.45) is 5.18 Å². The third-order valence-corrected chi connectivity index (χ3v) is 7.58. The second-order valence-corrected chi connectivity index (χ2v) is 10.0. The Morgan fingerprint density at radius 1 is 1.27 bits per heavy atom. The van der Waals surface area contributed by atoms with Crippen molar-refractivity contribution in [2.45, 2.75) is 51.3 Å². The van der Waals surface area contributed by atoms with E-state index in [2.05, 4.69) is 39.3 Å². The third-order valence-electron chi connectivity index (χ3n) is 6.50. The lowest BCUT2D eigenvalue weighted by Crippen LogP contribution is -2.25. The molecule has 2 aliphatic rings. The van der Waals surface area contributed by atoms with E-state index in [-0.39, 0.29) is 12.1 Å². The molecule has 0 N–H and O–H groups in total. The summed E-state index contributed by atoms with van der Waals surface area (Å²) in [4.78, 5) is 19.2. The van der Waals surface area contributed by atoms with Crippen LogP contribution in [0.1, 0.15) is 49.4 Å². The third kappa shape index (κ3) is 4.17. The first kappa shape index (κ1) is 21.7. The van der Waals surface area contributed by atoms with Gasteiger partial charge in [0.05, 0.1) is 16.5 Å². The molecular weight excluding hydrogens is 432 g/mol. The number of ether oxygens (including phenoxy) is 1.